The fraction of sp³-hybridized carbons (Fsp3) is 0.381. The van der Waals surface area contributed by atoms with Crippen molar-refractivity contribution in [3.05, 3.63) is 52.2 Å². The Morgan fingerprint density at radius 3 is 2.12 bits per heavy atom. The molecule has 0 bridgehead atoms. The van der Waals surface area contributed by atoms with Crippen LogP contribution in [0.4, 0.5) is 0 Å². The average molecular weight is 541 g/mol. The molecule has 0 amide bonds. The van der Waals surface area contributed by atoms with Crippen LogP contribution in [0.1, 0.15) is 54.1 Å². The lowest BCUT2D eigenvalue weighted by Crippen LogP contribution is -2.28. The standard InChI is InChI=1S/C21H19Cl5N2O4/c1-3-4-5-6-7-28-20(30)11(8-27)10(2)13(21(28)31)12(29)9-32-19-17(25)15(23)14(22)16(24)18(19)26/h31H,3-7,9H2,1-2H3. The van der Waals surface area contributed by atoms with Crippen molar-refractivity contribution in [2.45, 2.75) is 46.1 Å². The summed E-state index contributed by atoms with van der Waals surface area (Å²) in [5.74, 6) is -1.39. The Balaban J connectivity index is 2.42. The highest BCUT2D eigenvalue weighted by Crippen LogP contribution is 2.48. The number of aromatic hydroxyl groups is 1. The SMILES string of the molecule is CCCCCCn1c(O)c(C(=O)COc2c(Cl)c(Cl)c(Cl)c(Cl)c2Cl)c(C)c(C#N)c1=O. The molecule has 0 saturated carbocycles. The van der Waals surface area contributed by atoms with Crippen LogP contribution >= 0.6 is 58.0 Å². The summed E-state index contributed by atoms with van der Waals surface area (Å²) in [6.45, 7) is 2.99. The second-order valence-corrected chi connectivity index (χ2v) is 8.83. The number of Topliss-reactive ketones (excluding diaryl/α,β-unsaturated/α-hetero) is 1. The molecule has 2 aromatic rings. The lowest BCUT2D eigenvalue weighted by atomic mass is 10.0. The first-order valence-corrected chi connectivity index (χ1v) is 11.5. The molecule has 0 saturated heterocycles. The zero-order valence-corrected chi connectivity index (χ0v) is 21.0. The Kier molecular flexibility index (Phi) is 9.56. The van der Waals surface area contributed by atoms with Gasteiger partial charge < -0.3 is 9.84 Å². The molecule has 11 heteroatoms. The van der Waals surface area contributed by atoms with E-state index >= 15 is 0 Å². The summed E-state index contributed by atoms with van der Waals surface area (Å²) in [6.07, 6.45) is 3.38. The van der Waals surface area contributed by atoms with Crippen molar-refractivity contribution in [1.82, 2.24) is 4.57 Å². The van der Waals surface area contributed by atoms with Crippen molar-refractivity contribution in [1.29, 1.82) is 5.26 Å². The van der Waals surface area contributed by atoms with Crippen LogP contribution in [0.3, 0.4) is 0 Å². The molecule has 172 valence electrons. The van der Waals surface area contributed by atoms with Crippen LogP contribution in [-0.4, -0.2) is 22.1 Å². The van der Waals surface area contributed by atoms with E-state index in [1.807, 2.05) is 13.0 Å². The maximum atomic E-state index is 12.9. The van der Waals surface area contributed by atoms with Crippen molar-refractivity contribution in [2.24, 2.45) is 0 Å². The predicted octanol–water partition coefficient (Wildman–Crippen LogP) is 6.84. The molecule has 0 spiro atoms. The quantitative estimate of drug-likeness (QED) is 0.163. The third-order valence-electron chi connectivity index (χ3n) is 4.83. The highest BCUT2D eigenvalue weighted by atomic mass is 35.5. The predicted molar refractivity (Wildman–Crippen MR) is 127 cm³/mol. The molecule has 32 heavy (non-hydrogen) atoms. The zero-order chi connectivity index (χ0) is 24.2. The van der Waals surface area contributed by atoms with Gasteiger partial charge in [0, 0.05) is 6.54 Å². The van der Waals surface area contributed by atoms with Crippen LogP contribution in [-0.2, 0) is 6.54 Å². The topological polar surface area (TPSA) is 92.3 Å². The number of ketones is 1. The van der Waals surface area contributed by atoms with Gasteiger partial charge in [-0.15, -0.1) is 0 Å². The van der Waals surface area contributed by atoms with Crippen LogP contribution in [0.2, 0.25) is 25.1 Å². The van der Waals surface area contributed by atoms with Gasteiger partial charge in [0.15, 0.2) is 12.4 Å². The summed E-state index contributed by atoms with van der Waals surface area (Å²) in [7, 11) is 0. The van der Waals surface area contributed by atoms with Gasteiger partial charge in [-0.25, -0.2) is 0 Å². The molecule has 0 radical (unpaired) electrons. The lowest BCUT2D eigenvalue weighted by molar-refractivity contribution is 0.0916. The van der Waals surface area contributed by atoms with Gasteiger partial charge in [-0.05, 0) is 18.9 Å². The Labute approximate surface area is 210 Å². The zero-order valence-electron chi connectivity index (χ0n) is 17.2. The normalized spacial score (nSPS) is 10.8. The Bertz CT molecular complexity index is 1130. The van der Waals surface area contributed by atoms with Gasteiger partial charge in [-0.1, -0.05) is 84.2 Å². The molecule has 0 fully saturated rings. The summed E-state index contributed by atoms with van der Waals surface area (Å²) in [4.78, 5) is 25.6. The van der Waals surface area contributed by atoms with Crippen LogP contribution in [0.15, 0.2) is 4.79 Å². The molecule has 0 aliphatic rings. The van der Waals surface area contributed by atoms with Crippen LogP contribution < -0.4 is 10.3 Å². The summed E-state index contributed by atoms with van der Waals surface area (Å²) >= 11 is 30.2. The van der Waals surface area contributed by atoms with Gasteiger partial charge in [0.1, 0.15) is 21.7 Å². The number of carbonyl (C=O) groups is 1. The summed E-state index contributed by atoms with van der Waals surface area (Å²) in [5, 5.41) is 19.6. The van der Waals surface area contributed by atoms with Crippen molar-refractivity contribution >= 4 is 63.8 Å². The maximum absolute atomic E-state index is 12.9. The number of rotatable bonds is 9. The van der Waals surface area contributed by atoms with E-state index in [2.05, 4.69) is 0 Å². The number of nitrogens with zero attached hydrogens (tertiary/aromatic N) is 2. The molecule has 0 aliphatic heterocycles. The van der Waals surface area contributed by atoms with Gasteiger partial charge in [0.25, 0.3) is 5.56 Å². The van der Waals surface area contributed by atoms with Gasteiger partial charge >= 0.3 is 0 Å². The van der Waals surface area contributed by atoms with Crippen molar-refractivity contribution in [2.75, 3.05) is 6.61 Å². The Morgan fingerprint density at radius 2 is 1.59 bits per heavy atom. The minimum absolute atomic E-state index is 0.0535. The van der Waals surface area contributed by atoms with E-state index < -0.39 is 23.8 Å². The third kappa shape index (κ3) is 5.30. The van der Waals surface area contributed by atoms with Crippen molar-refractivity contribution in [3.63, 3.8) is 0 Å². The minimum Gasteiger partial charge on any atom is -0.494 e. The molecule has 1 aromatic heterocycles. The molecule has 1 aromatic carbocycles. The van der Waals surface area contributed by atoms with E-state index in [0.29, 0.717) is 6.42 Å². The van der Waals surface area contributed by atoms with Crippen molar-refractivity contribution < 1.29 is 14.6 Å². The number of carbonyl (C=O) groups excluding carboxylic acids is 1. The molecular weight excluding hydrogens is 522 g/mol. The van der Waals surface area contributed by atoms with E-state index in [1.54, 1.807) is 0 Å². The monoisotopic (exact) mass is 538 g/mol. The largest absolute Gasteiger partial charge is 0.494 e. The number of halogens is 5. The van der Waals surface area contributed by atoms with E-state index in [-0.39, 0.29) is 54.1 Å². The number of unbranched alkanes of at least 4 members (excludes halogenated alkanes) is 3. The molecule has 0 aliphatic carbocycles. The molecule has 6 nitrogen and oxygen atoms in total. The molecule has 0 unspecified atom stereocenters. The summed E-state index contributed by atoms with van der Waals surface area (Å²) < 4.78 is 6.48. The second-order valence-electron chi connectivity index (χ2n) is 6.94. The van der Waals surface area contributed by atoms with Crippen LogP contribution in [0.25, 0.3) is 0 Å². The first-order chi connectivity index (χ1) is 15.1. The van der Waals surface area contributed by atoms with Gasteiger partial charge in [-0.2, -0.15) is 5.26 Å². The van der Waals surface area contributed by atoms with Crippen LogP contribution in [0.5, 0.6) is 11.6 Å². The summed E-state index contributed by atoms with van der Waals surface area (Å²) in [5.41, 5.74) is -1.03. The van der Waals surface area contributed by atoms with Crippen molar-refractivity contribution in [3.8, 4) is 17.7 Å². The van der Waals surface area contributed by atoms with E-state index in [4.69, 9.17) is 62.7 Å². The lowest BCUT2D eigenvalue weighted by Gasteiger charge is -2.17. The molecule has 1 N–H and O–H groups in total. The third-order valence-corrected chi connectivity index (χ3v) is 7.07. The number of benzene rings is 1. The highest BCUT2D eigenvalue weighted by molar-refractivity contribution is 6.55. The fourth-order valence-electron chi connectivity index (χ4n) is 3.11. The smallest absolute Gasteiger partial charge is 0.271 e. The molecular formula is C21H19Cl5N2O4. The summed E-state index contributed by atoms with van der Waals surface area (Å²) in [6, 6.07) is 1.81. The van der Waals surface area contributed by atoms with Crippen LogP contribution in [0, 0.1) is 18.3 Å². The molecule has 1 heterocycles. The Hall–Kier alpha value is -1.62. The van der Waals surface area contributed by atoms with Gasteiger partial charge in [0.2, 0.25) is 11.7 Å². The van der Waals surface area contributed by atoms with E-state index in [9.17, 15) is 20.0 Å². The molecule has 2 rings (SSSR count). The Morgan fingerprint density at radius 1 is 1.03 bits per heavy atom. The average Bonchev–Trinajstić information content (AvgIpc) is 2.76. The number of ether oxygens (including phenoxy) is 1. The van der Waals surface area contributed by atoms with Gasteiger partial charge in [0.05, 0.1) is 20.6 Å². The van der Waals surface area contributed by atoms with Gasteiger partial charge in [-0.3, -0.25) is 14.2 Å². The first kappa shape index (κ1) is 26.6. The van der Waals surface area contributed by atoms with E-state index in [1.165, 1.54) is 6.92 Å². The fourth-order valence-corrected chi connectivity index (χ4v) is 4.34. The second kappa shape index (κ2) is 11.5. The highest BCUT2D eigenvalue weighted by Gasteiger charge is 2.26. The minimum atomic E-state index is -0.701. The number of hydrogen-bond donors (Lipinski definition) is 1. The first-order valence-electron chi connectivity index (χ1n) is 9.62. The number of pyridine rings is 1. The van der Waals surface area contributed by atoms with E-state index in [0.717, 1.165) is 23.8 Å². The number of hydrogen-bond acceptors (Lipinski definition) is 5. The molecule has 0 atom stereocenters. The number of nitriles is 1. The number of aromatic nitrogens is 1. The maximum Gasteiger partial charge on any atom is 0.271 e.